The van der Waals surface area contributed by atoms with Crippen molar-refractivity contribution in [1.82, 2.24) is 9.55 Å². The predicted molar refractivity (Wildman–Crippen MR) is 83.9 cm³/mol. The Kier molecular flexibility index (Phi) is 3.74. The van der Waals surface area contributed by atoms with E-state index in [2.05, 4.69) is 9.98 Å². The van der Waals surface area contributed by atoms with Crippen LogP contribution in [0, 0.1) is 10.1 Å². The van der Waals surface area contributed by atoms with Crippen molar-refractivity contribution in [2.75, 3.05) is 0 Å². The Morgan fingerprint density at radius 1 is 1.09 bits per heavy atom. The van der Waals surface area contributed by atoms with Gasteiger partial charge in [0.2, 0.25) is 0 Å². The van der Waals surface area contributed by atoms with Gasteiger partial charge in [0.1, 0.15) is 0 Å². The Balaban J connectivity index is 2.00. The molecule has 0 saturated heterocycles. The molecule has 0 aliphatic rings. The van der Waals surface area contributed by atoms with E-state index in [0.717, 1.165) is 5.69 Å². The zero-order valence-corrected chi connectivity index (χ0v) is 11.5. The van der Waals surface area contributed by atoms with E-state index >= 15 is 0 Å². The number of para-hydroxylation sites is 1. The average molecular weight is 292 g/mol. The van der Waals surface area contributed by atoms with Gasteiger partial charge in [-0.2, -0.15) is 0 Å². The van der Waals surface area contributed by atoms with E-state index in [0.29, 0.717) is 11.4 Å². The monoisotopic (exact) mass is 292 g/mol. The Morgan fingerprint density at radius 3 is 2.64 bits per heavy atom. The topological polar surface area (TPSA) is 73.3 Å². The number of hydrogen-bond acceptors (Lipinski definition) is 4. The van der Waals surface area contributed by atoms with Crippen molar-refractivity contribution in [3.8, 4) is 5.69 Å². The van der Waals surface area contributed by atoms with Crippen molar-refractivity contribution in [2.24, 2.45) is 4.99 Å². The summed E-state index contributed by atoms with van der Waals surface area (Å²) in [6.07, 6.45) is 6.88. The van der Waals surface area contributed by atoms with Crippen LogP contribution in [0.3, 0.4) is 0 Å². The number of aromatic nitrogens is 2. The zero-order chi connectivity index (χ0) is 15.4. The van der Waals surface area contributed by atoms with E-state index in [1.54, 1.807) is 24.4 Å². The van der Waals surface area contributed by atoms with Crippen LogP contribution in [0.2, 0.25) is 0 Å². The molecule has 0 amide bonds. The molecular formula is C16H12N4O2. The van der Waals surface area contributed by atoms with Crippen molar-refractivity contribution in [1.29, 1.82) is 0 Å². The van der Waals surface area contributed by atoms with Gasteiger partial charge in [-0.1, -0.05) is 12.1 Å². The van der Waals surface area contributed by atoms with E-state index in [4.69, 9.17) is 0 Å². The molecule has 1 aromatic carbocycles. The molecular weight excluding hydrogens is 280 g/mol. The zero-order valence-electron chi connectivity index (χ0n) is 11.5. The minimum Gasteiger partial charge on any atom is -0.321 e. The Labute approximate surface area is 126 Å². The van der Waals surface area contributed by atoms with Crippen LogP contribution in [-0.2, 0) is 0 Å². The largest absolute Gasteiger partial charge is 0.321 e. The standard InChI is InChI=1S/C16H12N4O2/c21-20(22)14-7-2-1-6-13(14)12-18-16-15(8-5-9-17-16)19-10-3-4-11-19/h1-12H/b18-12+. The molecule has 108 valence electrons. The van der Waals surface area contributed by atoms with Gasteiger partial charge < -0.3 is 4.57 Å². The summed E-state index contributed by atoms with van der Waals surface area (Å²) in [5.74, 6) is 0.497. The molecule has 0 saturated carbocycles. The second kappa shape index (κ2) is 6.01. The third kappa shape index (κ3) is 2.76. The fourth-order valence-electron chi connectivity index (χ4n) is 2.08. The van der Waals surface area contributed by atoms with Gasteiger partial charge in [-0.15, -0.1) is 0 Å². The molecule has 0 radical (unpaired) electrons. The highest BCUT2D eigenvalue weighted by Crippen LogP contribution is 2.21. The summed E-state index contributed by atoms with van der Waals surface area (Å²) in [7, 11) is 0. The summed E-state index contributed by atoms with van der Waals surface area (Å²) in [4.78, 5) is 19.1. The summed E-state index contributed by atoms with van der Waals surface area (Å²) in [6.45, 7) is 0. The van der Waals surface area contributed by atoms with E-state index in [-0.39, 0.29) is 5.69 Å². The third-order valence-electron chi connectivity index (χ3n) is 3.11. The highest BCUT2D eigenvalue weighted by Gasteiger charge is 2.10. The van der Waals surface area contributed by atoms with Gasteiger partial charge in [0.25, 0.3) is 5.69 Å². The van der Waals surface area contributed by atoms with E-state index in [1.165, 1.54) is 12.3 Å². The number of aliphatic imine (C=N–C) groups is 1. The maximum Gasteiger partial charge on any atom is 0.278 e. The van der Waals surface area contributed by atoms with Gasteiger partial charge >= 0.3 is 0 Å². The van der Waals surface area contributed by atoms with Crippen molar-refractivity contribution >= 4 is 17.7 Å². The van der Waals surface area contributed by atoms with Crippen LogP contribution in [0.4, 0.5) is 11.5 Å². The van der Waals surface area contributed by atoms with Gasteiger partial charge in [-0.05, 0) is 30.3 Å². The third-order valence-corrected chi connectivity index (χ3v) is 3.11. The molecule has 3 aromatic rings. The number of pyridine rings is 1. The molecule has 6 nitrogen and oxygen atoms in total. The van der Waals surface area contributed by atoms with Gasteiger partial charge in [-0.25, -0.2) is 9.98 Å². The van der Waals surface area contributed by atoms with Gasteiger partial charge in [-0.3, -0.25) is 10.1 Å². The van der Waals surface area contributed by atoms with Crippen LogP contribution >= 0.6 is 0 Å². The lowest BCUT2D eigenvalue weighted by molar-refractivity contribution is -0.385. The summed E-state index contributed by atoms with van der Waals surface area (Å²) < 4.78 is 1.89. The van der Waals surface area contributed by atoms with E-state index < -0.39 is 4.92 Å². The Bertz CT molecular complexity index is 826. The normalized spacial score (nSPS) is 10.9. The molecule has 0 N–H and O–H groups in total. The lowest BCUT2D eigenvalue weighted by Gasteiger charge is -2.05. The van der Waals surface area contributed by atoms with Crippen LogP contribution in [0.25, 0.3) is 5.69 Å². The molecule has 0 bridgehead atoms. The molecule has 2 aromatic heterocycles. The van der Waals surface area contributed by atoms with Crippen molar-refractivity contribution in [3.05, 3.63) is 82.8 Å². The maximum absolute atomic E-state index is 11.0. The fourth-order valence-corrected chi connectivity index (χ4v) is 2.08. The molecule has 2 heterocycles. The van der Waals surface area contributed by atoms with Crippen molar-refractivity contribution < 1.29 is 4.92 Å². The van der Waals surface area contributed by atoms with Crippen LogP contribution in [0.15, 0.2) is 72.1 Å². The Hall–Kier alpha value is -3.28. The number of hydrogen-bond donors (Lipinski definition) is 0. The van der Waals surface area contributed by atoms with E-state index in [9.17, 15) is 10.1 Å². The lowest BCUT2D eigenvalue weighted by Crippen LogP contribution is -1.95. The molecule has 6 heteroatoms. The molecule has 0 fully saturated rings. The first kappa shape index (κ1) is 13.7. The molecule has 0 spiro atoms. The van der Waals surface area contributed by atoms with Crippen molar-refractivity contribution in [3.63, 3.8) is 0 Å². The first-order valence-electron chi connectivity index (χ1n) is 6.61. The Morgan fingerprint density at radius 2 is 1.86 bits per heavy atom. The van der Waals surface area contributed by atoms with Crippen LogP contribution in [0.5, 0.6) is 0 Å². The second-order valence-electron chi connectivity index (χ2n) is 4.51. The van der Waals surface area contributed by atoms with Gasteiger partial charge in [0.05, 0.1) is 16.2 Å². The van der Waals surface area contributed by atoms with Crippen LogP contribution < -0.4 is 0 Å². The number of nitro benzene ring substituents is 1. The SMILES string of the molecule is O=[N+]([O-])c1ccccc1/C=N/c1ncccc1-n1cccc1. The number of nitro groups is 1. The molecule has 22 heavy (non-hydrogen) atoms. The predicted octanol–water partition coefficient (Wildman–Crippen LogP) is 3.53. The second-order valence-corrected chi connectivity index (χ2v) is 4.51. The maximum atomic E-state index is 11.0. The molecule has 0 atom stereocenters. The van der Waals surface area contributed by atoms with Crippen LogP contribution in [0.1, 0.15) is 5.56 Å². The molecule has 3 rings (SSSR count). The minimum absolute atomic E-state index is 0.0182. The summed E-state index contributed by atoms with van der Waals surface area (Å²) in [5, 5.41) is 11.0. The fraction of sp³-hybridized carbons (Fsp3) is 0. The highest BCUT2D eigenvalue weighted by atomic mass is 16.6. The van der Waals surface area contributed by atoms with Gasteiger partial charge in [0.15, 0.2) is 5.82 Å². The summed E-state index contributed by atoms with van der Waals surface area (Å²) in [6, 6.07) is 14.0. The van der Waals surface area contributed by atoms with Crippen molar-refractivity contribution in [2.45, 2.75) is 0 Å². The van der Waals surface area contributed by atoms with E-state index in [1.807, 2.05) is 41.2 Å². The number of nitrogens with zero attached hydrogens (tertiary/aromatic N) is 4. The highest BCUT2D eigenvalue weighted by molar-refractivity contribution is 5.87. The van der Waals surface area contributed by atoms with Gasteiger partial charge in [0, 0.05) is 30.9 Å². The quantitative estimate of drug-likeness (QED) is 0.419. The molecule has 0 aliphatic carbocycles. The van der Waals surface area contributed by atoms with Crippen LogP contribution in [-0.4, -0.2) is 20.7 Å². The molecule has 0 aliphatic heterocycles. The summed E-state index contributed by atoms with van der Waals surface area (Å²) >= 11 is 0. The first-order chi connectivity index (χ1) is 10.8. The number of benzene rings is 1. The smallest absolute Gasteiger partial charge is 0.278 e. The minimum atomic E-state index is -0.424. The molecule has 0 unspecified atom stereocenters. The average Bonchev–Trinajstić information content (AvgIpc) is 3.07. The first-order valence-corrected chi connectivity index (χ1v) is 6.61. The lowest BCUT2D eigenvalue weighted by atomic mass is 10.2. The summed E-state index contributed by atoms with van der Waals surface area (Å²) in [5.41, 5.74) is 1.27. The number of rotatable bonds is 4.